The summed E-state index contributed by atoms with van der Waals surface area (Å²) in [6, 6.07) is 11.0. The molecule has 0 saturated heterocycles. The number of thioether (sulfide) groups is 1. The van der Waals surface area contributed by atoms with Crippen LogP contribution in [0.1, 0.15) is 45.6 Å². The van der Waals surface area contributed by atoms with Crippen LogP contribution in [0.15, 0.2) is 30.3 Å². The van der Waals surface area contributed by atoms with Gasteiger partial charge < -0.3 is 5.73 Å². The molecule has 1 unspecified atom stereocenters. The third kappa shape index (κ3) is 9.25. The topological polar surface area (TPSA) is 26.0 Å². The van der Waals surface area contributed by atoms with Crippen LogP contribution in [0.25, 0.3) is 0 Å². The van der Waals surface area contributed by atoms with Gasteiger partial charge in [0, 0.05) is 11.8 Å². The van der Waals surface area contributed by atoms with Gasteiger partial charge in [-0.3, -0.25) is 0 Å². The van der Waals surface area contributed by atoms with Gasteiger partial charge in [0.15, 0.2) is 0 Å². The van der Waals surface area contributed by atoms with E-state index in [0.29, 0.717) is 6.04 Å². The van der Waals surface area contributed by atoms with Crippen LogP contribution in [0.4, 0.5) is 0 Å². The molecular formula is C15H27NS. The molecule has 1 atom stereocenters. The molecule has 0 aliphatic carbocycles. The average Bonchev–Trinajstić information content (AvgIpc) is 2.39. The first-order valence-corrected chi connectivity index (χ1v) is 7.85. The van der Waals surface area contributed by atoms with Gasteiger partial charge in [0.2, 0.25) is 0 Å². The number of rotatable bonds is 7. The van der Waals surface area contributed by atoms with E-state index >= 15 is 0 Å². The highest BCUT2D eigenvalue weighted by atomic mass is 32.2. The van der Waals surface area contributed by atoms with Gasteiger partial charge in [-0.25, -0.2) is 0 Å². The SMILES string of the molecule is CC.CCCC(N)CCSCc1ccccc1. The maximum Gasteiger partial charge on any atom is 0.0184 e. The third-order valence-electron chi connectivity index (χ3n) is 2.40. The van der Waals surface area contributed by atoms with E-state index in [1.54, 1.807) is 0 Å². The zero-order valence-electron chi connectivity index (χ0n) is 11.5. The van der Waals surface area contributed by atoms with E-state index in [0.717, 1.165) is 18.6 Å². The van der Waals surface area contributed by atoms with Crippen molar-refractivity contribution in [1.29, 1.82) is 0 Å². The first kappa shape index (κ1) is 16.5. The van der Waals surface area contributed by atoms with Gasteiger partial charge in [-0.1, -0.05) is 57.5 Å². The quantitative estimate of drug-likeness (QED) is 0.726. The summed E-state index contributed by atoms with van der Waals surface area (Å²) in [6.07, 6.45) is 3.50. The normalized spacial score (nSPS) is 11.5. The Bertz CT molecular complexity index is 248. The third-order valence-corrected chi connectivity index (χ3v) is 3.47. The molecule has 17 heavy (non-hydrogen) atoms. The Hall–Kier alpha value is -0.470. The summed E-state index contributed by atoms with van der Waals surface area (Å²) in [6.45, 7) is 6.19. The maximum atomic E-state index is 5.95. The summed E-state index contributed by atoms with van der Waals surface area (Å²) in [5.74, 6) is 2.29. The van der Waals surface area contributed by atoms with E-state index < -0.39 is 0 Å². The molecule has 0 aliphatic rings. The Labute approximate surface area is 111 Å². The lowest BCUT2D eigenvalue weighted by atomic mass is 10.1. The molecular weight excluding hydrogens is 226 g/mol. The van der Waals surface area contributed by atoms with Gasteiger partial charge >= 0.3 is 0 Å². The number of hydrogen-bond acceptors (Lipinski definition) is 2. The minimum absolute atomic E-state index is 0.401. The summed E-state index contributed by atoms with van der Waals surface area (Å²) in [5.41, 5.74) is 7.36. The number of hydrogen-bond donors (Lipinski definition) is 1. The average molecular weight is 253 g/mol. The molecule has 0 bridgehead atoms. The van der Waals surface area contributed by atoms with E-state index in [9.17, 15) is 0 Å². The number of benzene rings is 1. The van der Waals surface area contributed by atoms with Crippen LogP contribution < -0.4 is 5.73 Å². The van der Waals surface area contributed by atoms with Crippen molar-refractivity contribution in [1.82, 2.24) is 0 Å². The molecule has 0 fully saturated rings. The lowest BCUT2D eigenvalue weighted by molar-refractivity contribution is 0.590. The zero-order valence-corrected chi connectivity index (χ0v) is 12.3. The maximum absolute atomic E-state index is 5.95. The monoisotopic (exact) mass is 253 g/mol. The molecule has 0 aromatic heterocycles. The second-order valence-corrected chi connectivity index (χ2v) is 4.98. The molecule has 2 N–H and O–H groups in total. The highest BCUT2D eigenvalue weighted by Crippen LogP contribution is 2.13. The lowest BCUT2D eigenvalue weighted by Gasteiger charge is -2.09. The van der Waals surface area contributed by atoms with Crippen LogP contribution in [0, 0.1) is 0 Å². The van der Waals surface area contributed by atoms with Crippen molar-refractivity contribution >= 4 is 11.8 Å². The van der Waals surface area contributed by atoms with E-state index in [2.05, 4.69) is 37.3 Å². The molecule has 0 saturated carbocycles. The predicted octanol–water partition coefficient (Wildman–Crippen LogP) is 4.46. The van der Waals surface area contributed by atoms with Crippen molar-refractivity contribution in [2.45, 2.75) is 51.8 Å². The Morgan fingerprint density at radius 2 is 1.76 bits per heavy atom. The van der Waals surface area contributed by atoms with Crippen LogP contribution in [-0.2, 0) is 5.75 Å². The van der Waals surface area contributed by atoms with Crippen molar-refractivity contribution in [2.24, 2.45) is 5.73 Å². The fourth-order valence-electron chi connectivity index (χ4n) is 1.51. The fraction of sp³-hybridized carbons (Fsp3) is 0.600. The second-order valence-electron chi connectivity index (χ2n) is 3.88. The smallest absolute Gasteiger partial charge is 0.0184 e. The van der Waals surface area contributed by atoms with E-state index in [1.165, 1.54) is 17.7 Å². The standard InChI is InChI=1S/C13H21NS.C2H6/c1-2-6-13(14)9-10-15-11-12-7-4-3-5-8-12;1-2/h3-5,7-8,13H,2,6,9-11,14H2,1H3;1-2H3. The summed E-state index contributed by atoms with van der Waals surface area (Å²) < 4.78 is 0. The van der Waals surface area contributed by atoms with Crippen LogP contribution in [-0.4, -0.2) is 11.8 Å². The van der Waals surface area contributed by atoms with E-state index in [1.807, 2.05) is 25.6 Å². The molecule has 1 rings (SSSR count). The molecule has 0 heterocycles. The van der Waals surface area contributed by atoms with Gasteiger partial charge in [-0.05, 0) is 24.2 Å². The van der Waals surface area contributed by atoms with Gasteiger partial charge in [-0.15, -0.1) is 0 Å². The fourth-order valence-corrected chi connectivity index (χ4v) is 2.56. The Morgan fingerprint density at radius 1 is 1.12 bits per heavy atom. The summed E-state index contributed by atoms with van der Waals surface area (Å²) in [5, 5.41) is 0. The number of nitrogens with two attached hydrogens (primary N) is 1. The van der Waals surface area contributed by atoms with Crippen LogP contribution in [0.5, 0.6) is 0 Å². The van der Waals surface area contributed by atoms with Gasteiger partial charge in [0.25, 0.3) is 0 Å². The molecule has 2 heteroatoms. The van der Waals surface area contributed by atoms with Crippen LogP contribution in [0.2, 0.25) is 0 Å². The molecule has 0 radical (unpaired) electrons. The predicted molar refractivity (Wildman–Crippen MR) is 81.5 cm³/mol. The summed E-state index contributed by atoms with van der Waals surface area (Å²) in [7, 11) is 0. The van der Waals surface area contributed by atoms with Crippen molar-refractivity contribution in [3.63, 3.8) is 0 Å². The second kappa shape index (κ2) is 12.0. The summed E-state index contributed by atoms with van der Waals surface area (Å²) in [4.78, 5) is 0. The van der Waals surface area contributed by atoms with Crippen LogP contribution >= 0.6 is 11.8 Å². The van der Waals surface area contributed by atoms with Crippen molar-refractivity contribution in [3.8, 4) is 0 Å². The first-order chi connectivity index (χ1) is 8.33. The largest absolute Gasteiger partial charge is 0.328 e. The minimum atomic E-state index is 0.401. The van der Waals surface area contributed by atoms with Gasteiger partial charge in [0.1, 0.15) is 0 Å². The Balaban J connectivity index is 0.00000121. The van der Waals surface area contributed by atoms with Gasteiger partial charge in [-0.2, -0.15) is 11.8 Å². The van der Waals surface area contributed by atoms with E-state index in [4.69, 9.17) is 5.73 Å². The Kier molecular flexibility index (Phi) is 11.7. The molecule has 1 nitrogen and oxygen atoms in total. The highest BCUT2D eigenvalue weighted by molar-refractivity contribution is 7.98. The lowest BCUT2D eigenvalue weighted by Crippen LogP contribution is -2.20. The Morgan fingerprint density at radius 3 is 2.35 bits per heavy atom. The van der Waals surface area contributed by atoms with Crippen LogP contribution in [0.3, 0.4) is 0 Å². The first-order valence-electron chi connectivity index (χ1n) is 6.70. The van der Waals surface area contributed by atoms with Crippen molar-refractivity contribution < 1.29 is 0 Å². The summed E-state index contributed by atoms with van der Waals surface area (Å²) >= 11 is 1.98. The highest BCUT2D eigenvalue weighted by Gasteiger charge is 2.00. The molecule has 0 amide bonds. The van der Waals surface area contributed by atoms with Gasteiger partial charge in [0.05, 0.1) is 0 Å². The molecule has 0 aliphatic heterocycles. The molecule has 1 aromatic rings. The van der Waals surface area contributed by atoms with Crippen molar-refractivity contribution in [2.75, 3.05) is 5.75 Å². The van der Waals surface area contributed by atoms with E-state index in [-0.39, 0.29) is 0 Å². The molecule has 0 spiro atoms. The van der Waals surface area contributed by atoms with Crippen molar-refractivity contribution in [3.05, 3.63) is 35.9 Å². The minimum Gasteiger partial charge on any atom is -0.328 e. The molecule has 1 aromatic carbocycles. The molecule has 98 valence electrons. The zero-order chi connectivity index (χ0) is 12.9.